The van der Waals surface area contributed by atoms with E-state index in [-0.39, 0.29) is 5.82 Å². The molecule has 0 radical (unpaired) electrons. The maximum atomic E-state index is 13.4. The molecule has 10 heteroatoms. The molecule has 158 valence electrons. The van der Waals surface area contributed by atoms with Gasteiger partial charge in [-0.25, -0.2) is 18.7 Å². The highest BCUT2D eigenvalue weighted by atomic mass is 79.9. The minimum Gasteiger partial charge on any atom is -0.389 e. The number of pyridine rings is 1. The molecule has 2 N–H and O–H groups in total. The van der Waals surface area contributed by atoms with Crippen molar-refractivity contribution >= 4 is 50.1 Å². The predicted octanol–water partition coefficient (Wildman–Crippen LogP) is 5.08. The topological polar surface area (TPSA) is 74.2 Å². The fourth-order valence-corrected chi connectivity index (χ4v) is 4.05. The normalized spacial score (nSPS) is 19.7. The van der Waals surface area contributed by atoms with Crippen LogP contribution in [-0.2, 0) is 6.54 Å². The van der Waals surface area contributed by atoms with Gasteiger partial charge in [-0.2, -0.15) is 0 Å². The molecule has 0 spiro atoms. The van der Waals surface area contributed by atoms with E-state index in [9.17, 15) is 13.9 Å². The summed E-state index contributed by atoms with van der Waals surface area (Å²) >= 11 is 9.64. The van der Waals surface area contributed by atoms with Crippen molar-refractivity contribution in [2.45, 2.75) is 31.9 Å². The van der Waals surface area contributed by atoms with Gasteiger partial charge >= 0.3 is 0 Å². The standard InChI is InChI=1S/C20H19BrClF2N5O/c1-20(30)5-6-29(10-20)9-11-7-14-16(25-8-11)18(28-19(27-14)17(23)24)26-13-4-2-3-12(21)15(13)22/h2-4,7-8,17,30H,5-6,9-10H2,1H3,(H,26,27,28). The van der Waals surface area contributed by atoms with Crippen molar-refractivity contribution in [3.63, 3.8) is 0 Å². The van der Waals surface area contributed by atoms with E-state index < -0.39 is 17.9 Å². The molecule has 6 nitrogen and oxygen atoms in total. The first kappa shape index (κ1) is 21.3. The number of β-amino-alcohol motifs (C(OH)–C–C–N with tert-alkyl or cyclic N) is 1. The van der Waals surface area contributed by atoms with Crippen LogP contribution in [0, 0.1) is 0 Å². The quantitative estimate of drug-likeness (QED) is 0.511. The highest BCUT2D eigenvalue weighted by Crippen LogP contribution is 2.34. The lowest BCUT2D eigenvalue weighted by atomic mass is 10.1. The molecule has 2 aromatic heterocycles. The van der Waals surface area contributed by atoms with Crippen LogP contribution in [0.25, 0.3) is 11.0 Å². The van der Waals surface area contributed by atoms with Gasteiger partial charge in [0, 0.05) is 30.3 Å². The van der Waals surface area contributed by atoms with Crippen LogP contribution in [0.3, 0.4) is 0 Å². The summed E-state index contributed by atoms with van der Waals surface area (Å²) in [7, 11) is 0. The van der Waals surface area contributed by atoms with Crippen LogP contribution >= 0.6 is 27.5 Å². The number of hydrogen-bond acceptors (Lipinski definition) is 6. The van der Waals surface area contributed by atoms with Gasteiger partial charge in [-0.3, -0.25) is 9.88 Å². The number of aromatic nitrogens is 3. The number of likely N-dealkylation sites (tertiary alicyclic amines) is 1. The van der Waals surface area contributed by atoms with Crippen LogP contribution in [0.4, 0.5) is 20.3 Å². The van der Waals surface area contributed by atoms with Gasteiger partial charge in [0.25, 0.3) is 6.43 Å². The molecular weight excluding hydrogens is 480 g/mol. The number of nitrogens with one attached hydrogen (secondary N) is 1. The van der Waals surface area contributed by atoms with Crippen molar-refractivity contribution in [2.24, 2.45) is 0 Å². The number of anilines is 2. The third-order valence-electron chi connectivity index (χ3n) is 4.95. The molecule has 3 aromatic rings. The zero-order valence-corrected chi connectivity index (χ0v) is 18.4. The Morgan fingerprint density at radius 2 is 2.17 bits per heavy atom. The second-order valence-corrected chi connectivity index (χ2v) is 8.86. The maximum absolute atomic E-state index is 13.4. The number of aliphatic hydroxyl groups is 1. The molecule has 1 aromatic carbocycles. The number of alkyl halides is 2. The predicted molar refractivity (Wildman–Crippen MR) is 115 cm³/mol. The minimum absolute atomic E-state index is 0.158. The molecule has 30 heavy (non-hydrogen) atoms. The molecule has 4 rings (SSSR count). The first-order valence-corrected chi connectivity index (χ1v) is 10.5. The van der Waals surface area contributed by atoms with E-state index in [1.165, 1.54) is 0 Å². The molecule has 1 aliphatic heterocycles. The maximum Gasteiger partial charge on any atom is 0.297 e. The average Bonchev–Trinajstić information content (AvgIpc) is 3.03. The summed E-state index contributed by atoms with van der Waals surface area (Å²) in [5.41, 5.74) is 1.31. The third kappa shape index (κ3) is 4.54. The Morgan fingerprint density at radius 3 is 2.87 bits per heavy atom. The summed E-state index contributed by atoms with van der Waals surface area (Å²) in [6, 6.07) is 7.00. The first-order chi connectivity index (χ1) is 14.2. The monoisotopic (exact) mass is 497 g/mol. The number of benzene rings is 1. The van der Waals surface area contributed by atoms with E-state index >= 15 is 0 Å². The van der Waals surface area contributed by atoms with E-state index in [2.05, 4.69) is 41.1 Å². The van der Waals surface area contributed by atoms with Crippen LogP contribution in [0.1, 0.15) is 31.2 Å². The Hall–Kier alpha value is -1.94. The van der Waals surface area contributed by atoms with Crippen molar-refractivity contribution in [1.82, 2.24) is 19.9 Å². The largest absolute Gasteiger partial charge is 0.389 e. The molecule has 0 saturated carbocycles. The molecule has 1 atom stereocenters. The van der Waals surface area contributed by atoms with E-state index in [1.807, 2.05) is 0 Å². The molecule has 1 saturated heterocycles. The summed E-state index contributed by atoms with van der Waals surface area (Å²) in [6.45, 7) is 3.66. The molecule has 3 heterocycles. The molecule has 0 bridgehead atoms. The van der Waals surface area contributed by atoms with Gasteiger partial charge in [-0.05, 0) is 53.0 Å². The molecule has 1 fully saturated rings. The van der Waals surface area contributed by atoms with Crippen molar-refractivity contribution in [2.75, 3.05) is 18.4 Å². The zero-order chi connectivity index (χ0) is 21.5. The second-order valence-electron chi connectivity index (χ2n) is 7.63. The van der Waals surface area contributed by atoms with Crippen LogP contribution in [0.2, 0.25) is 5.02 Å². The third-order valence-corrected chi connectivity index (χ3v) is 6.24. The second kappa shape index (κ2) is 8.30. The molecular formula is C20H19BrClF2N5O. The van der Waals surface area contributed by atoms with Crippen LogP contribution in [0.15, 0.2) is 34.9 Å². The first-order valence-electron chi connectivity index (χ1n) is 9.32. The Morgan fingerprint density at radius 1 is 1.37 bits per heavy atom. The Bertz CT molecular complexity index is 1100. The van der Waals surface area contributed by atoms with Gasteiger partial charge in [0.2, 0.25) is 0 Å². The van der Waals surface area contributed by atoms with Gasteiger partial charge in [0.15, 0.2) is 11.6 Å². The smallest absolute Gasteiger partial charge is 0.297 e. The summed E-state index contributed by atoms with van der Waals surface area (Å²) in [6.07, 6.45) is -0.466. The van der Waals surface area contributed by atoms with E-state index in [1.54, 1.807) is 37.4 Å². The summed E-state index contributed by atoms with van der Waals surface area (Å²) in [5.74, 6) is -0.426. The zero-order valence-electron chi connectivity index (χ0n) is 16.0. The fourth-order valence-electron chi connectivity index (χ4n) is 3.51. The van der Waals surface area contributed by atoms with Crippen molar-refractivity contribution < 1.29 is 13.9 Å². The SMILES string of the molecule is CC1(O)CCN(Cc2cnc3c(Nc4cccc(Br)c4Cl)nc(C(F)F)nc3c2)C1. The van der Waals surface area contributed by atoms with E-state index in [0.29, 0.717) is 45.7 Å². The van der Waals surface area contributed by atoms with Crippen LogP contribution < -0.4 is 5.32 Å². The van der Waals surface area contributed by atoms with Gasteiger partial charge in [0.1, 0.15) is 5.52 Å². The van der Waals surface area contributed by atoms with Gasteiger partial charge in [-0.1, -0.05) is 17.7 Å². The van der Waals surface area contributed by atoms with Crippen molar-refractivity contribution in [1.29, 1.82) is 0 Å². The molecule has 1 aliphatic rings. The van der Waals surface area contributed by atoms with Crippen molar-refractivity contribution in [3.05, 3.63) is 51.3 Å². The Balaban J connectivity index is 1.70. The van der Waals surface area contributed by atoms with Crippen LogP contribution in [0.5, 0.6) is 0 Å². The highest BCUT2D eigenvalue weighted by Gasteiger charge is 2.31. The number of hydrogen-bond donors (Lipinski definition) is 2. The lowest BCUT2D eigenvalue weighted by molar-refractivity contribution is 0.0679. The number of fused-ring (bicyclic) bond motifs is 1. The molecule has 0 aliphatic carbocycles. The van der Waals surface area contributed by atoms with Gasteiger partial charge < -0.3 is 10.4 Å². The fraction of sp³-hybridized carbons (Fsp3) is 0.350. The van der Waals surface area contributed by atoms with Crippen LogP contribution in [-0.4, -0.2) is 43.6 Å². The summed E-state index contributed by atoms with van der Waals surface area (Å²) in [5, 5.41) is 13.6. The van der Waals surface area contributed by atoms with E-state index in [4.69, 9.17) is 11.6 Å². The van der Waals surface area contributed by atoms with Crippen molar-refractivity contribution in [3.8, 4) is 0 Å². The summed E-state index contributed by atoms with van der Waals surface area (Å²) < 4.78 is 27.5. The lowest BCUT2D eigenvalue weighted by Crippen LogP contribution is -2.29. The minimum atomic E-state index is -2.83. The Kier molecular flexibility index (Phi) is 5.89. The Labute approximate surface area is 185 Å². The molecule has 1 unspecified atom stereocenters. The number of nitrogens with zero attached hydrogens (tertiary/aromatic N) is 4. The van der Waals surface area contributed by atoms with E-state index in [0.717, 1.165) is 12.1 Å². The summed E-state index contributed by atoms with van der Waals surface area (Å²) in [4.78, 5) is 14.5. The van der Waals surface area contributed by atoms with Gasteiger partial charge in [0.05, 0.1) is 21.8 Å². The van der Waals surface area contributed by atoms with Gasteiger partial charge in [-0.15, -0.1) is 0 Å². The lowest BCUT2D eigenvalue weighted by Gasteiger charge is -2.19. The highest BCUT2D eigenvalue weighted by molar-refractivity contribution is 9.10. The molecule has 0 amide bonds. The average molecular weight is 499 g/mol. The number of halogens is 4. The number of rotatable bonds is 5.